The summed E-state index contributed by atoms with van der Waals surface area (Å²) in [5, 5.41) is 21.5. The standard InChI is InChI=1S/C23H34F2O6/c1-20-4-3-12(26)9-15(20)16(27)10-13-14-11-17(24)23(30-7-8-31-23)21(14,2)19(25)22(18(13)20)28-5-6-29-22/h12-19,26-27H,3-11H2,1-2H3/t12-,13?,14?,15?,16-,17+,18?,19?,20-,21+/m0/s1. The lowest BCUT2D eigenvalue weighted by atomic mass is 9.42. The Morgan fingerprint density at radius 1 is 0.839 bits per heavy atom. The molecule has 2 N–H and O–H groups in total. The van der Waals surface area contributed by atoms with Crippen LogP contribution in [0.1, 0.15) is 46.0 Å². The molecule has 4 saturated carbocycles. The smallest absolute Gasteiger partial charge is 0.208 e. The third-order valence-electron chi connectivity index (χ3n) is 10.2. The molecule has 0 aromatic rings. The van der Waals surface area contributed by atoms with Gasteiger partial charge in [0.05, 0.1) is 44.1 Å². The minimum absolute atomic E-state index is 0.143. The predicted octanol–water partition coefficient (Wildman–Crippen LogP) is 2.35. The maximum atomic E-state index is 16.9. The van der Waals surface area contributed by atoms with E-state index in [1.165, 1.54) is 0 Å². The van der Waals surface area contributed by atoms with Gasteiger partial charge in [0.1, 0.15) is 0 Å². The molecule has 2 heterocycles. The van der Waals surface area contributed by atoms with Gasteiger partial charge in [-0.3, -0.25) is 0 Å². The zero-order chi connectivity index (χ0) is 21.8. The molecule has 0 amide bonds. The van der Waals surface area contributed by atoms with Crippen molar-refractivity contribution in [2.24, 2.45) is 34.5 Å². The number of hydrogen-bond acceptors (Lipinski definition) is 6. The summed E-state index contributed by atoms with van der Waals surface area (Å²) in [7, 11) is 0. The molecular formula is C23H34F2O6. The molecule has 6 aliphatic rings. The van der Waals surface area contributed by atoms with Crippen molar-refractivity contribution >= 4 is 0 Å². The van der Waals surface area contributed by atoms with E-state index in [2.05, 4.69) is 6.92 Å². The van der Waals surface area contributed by atoms with Crippen LogP contribution >= 0.6 is 0 Å². The topological polar surface area (TPSA) is 77.4 Å². The Morgan fingerprint density at radius 2 is 1.48 bits per heavy atom. The summed E-state index contributed by atoms with van der Waals surface area (Å²) in [6.07, 6.45) is -1.89. The fourth-order valence-electron chi connectivity index (χ4n) is 9.02. The van der Waals surface area contributed by atoms with Crippen LogP contribution in [0.15, 0.2) is 0 Å². The third kappa shape index (κ3) is 2.32. The van der Waals surface area contributed by atoms with E-state index < -0.39 is 47.0 Å². The van der Waals surface area contributed by atoms with Gasteiger partial charge in [0.2, 0.25) is 11.6 Å². The van der Waals surface area contributed by atoms with Gasteiger partial charge < -0.3 is 29.2 Å². The highest BCUT2D eigenvalue weighted by molar-refractivity contribution is 5.24. The van der Waals surface area contributed by atoms with Gasteiger partial charge in [-0.05, 0) is 55.3 Å². The van der Waals surface area contributed by atoms with Crippen LogP contribution in [-0.2, 0) is 18.9 Å². The molecule has 0 aromatic carbocycles. The van der Waals surface area contributed by atoms with E-state index in [0.29, 0.717) is 25.7 Å². The van der Waals surface area contributed by atoms with E-state index in [0.717, 1.165) is 0 Å². The number of halogens is 2. The summed E-state index contributed by atoms with van der Waals surface area (Å²) in [5.74, 6) is -4.21. The fourth-order valence-corrected chi connectivity index (χ4v) is 9.02. The fraction of sp³-hybridized carbons (Fsp3) is 1.00. The van der Waals surface area contributed by atoms with Crippen molar-refractivity contribution in [3.8, 4) is 0 Å². The first kappa shape index (κ1) is 21.2. The van der Waals surface area contributed by atoms with Gasteiger partial charge in [0.25, 0.3) is 0 Å². The lowest BCUT2D eigenvalue weighted by Crippen LogP contribution is -2.74. The van der Waals surface area contributed by atoms with E-state index in [1.807, 2.05) is 0 Å². The highest BCUT2D eigenvalue weighted by Gasteiger charge is 2.82. The first-order valence-electron chi connectivity index (χ1n) is 11.9. The van der Waals surface area contributed by atoms with Crippen LogP contribution in [0.3, 0.4) is 0 Å². The Hall–Kier alpha value is -0.380. The van der Waals surface area contributed by atoms with Crippen molar-refractivity contribution in [3.63, 3.8) is 0 Å². The number of hydrogen-bond donors (Lipinski definition) is 2. The number of aliphatic hydroxyl groups excluding tert-OH is 2. The Kier molecular flexibility index (Phi) is 4.51. The average Bonchev–Trinajstić information content (AvgIpc) is 3.46. The summed E-state index contributed by atoms with van der Waals surface area (Å²) in [6.45, 7) is 4.86. The molecule has 0 aromatic heterocycles. The van der Waals surface area contributed by atoms with Crippen molar-refractivity contribution in [2.75, 3.05) is 26.4 Å². The summed E-state index contributed by atoms with van der Waals surface area (Å²) in [6, 6.07) is 0. The lowest BCUT2D eigenvalue weighted by molar-refractivity contribution is -0.377. The lowest BCUT2D eigenvalue weighted by Gasteiger charge is -2.67. The molecule has 2 spiro atoms. The van der Waals surface area contributed by atoms with Crippen LogP contribution < -0.4 is 0 Å². The number of fused-ring (bicyclic) bond motifs is 7. The van der Waals surface area contributed by atoms with Gasteiger partial charge in [0, 0.05) is 5.92 Å². The zero-order valence-corrected chi connectivity index (χ0v) is 18.3. The Labute approximate surface area is 181 Å². The van der Waals surface area contributed by atoms with Crippen LogP contribution in [0.2, 0.25) is 0 Å². The Morgan fingerprint density at radius 3 is 2.16 bits per heavy atom. The molecule has 10 atom stereocenters. The largest absolute Gasteiger partial charge is 0.393 e. The Bertz CT molecular complexity index is 740. The van der Waals surface area contributed by atoms with E-state index in [-0.39, 0.29) is 56.5 Å². The van der Waals surface area contributed by atoms with E-state index in [1.54, 1.807) is 6.92 Å². The molecule has 6 rings (SSSR count). The second kappa shape index (κ2) is 6.60. The first-order valence-corrected chi connectivity index (χ1v) is 11.9. The number of aliphatic hydroxyl groups is 2. The van der Waals surface area contributed by atoms with Crippen LogP contribution in [0.25, 0.3) is 0 Å². The third-order valence-corrected chi connectivity index (χ3v) is 10.2. The van der Waals surface area contributed by atoms with Crippen LogP contribution in [0, 0.1) is 34.5 Å². The second-order valence-electron chi connectivity index (χ2n) is 11.2. The number of rotatable bonds is 0. The molecule has 8 heteroatoms. The Balaban J connectivity index is 1.52. The van der Waals surface area contributed by atoms with Gasteiger partial charge >= 0.3 is 0 Å². The molecule has 176 valence electrons. The van der Waals surface area contributed by atoms with Gasteiger partial charge in [0.15, 0.2) is 12.3 Å². The quantitative estimate of drug-likeness (QED) is 0.597. The minimum atomic E-state index is -1.64. The highest BCUT2D eigenvalue weighted by atomic mass is 19.1. The normalized spacial score (nSPS) is 57.1. The SMILES string of the molecule is C[C@]12CC[C@H](O)CC1[C@@H](O)CC1C2C2(OCCO2)C(F)[C@@]2(C)C1C[C@@H](F)C21OCCO1. The van der Waals surface area contributed by atoms with Crippen LogP contribution in [-0.4, -0.2) is 72.8 Å². The maximum absolute atomic E-state index is 16.9. The molecule has 5 unspecified atom stereocenters. The molecule has 6 nitrogen and oxygen atoms in total. The molecular weight excluding hydrogens is 410 g/mol. The summed E-state index contributed by atoms with van der Waals surface area (Å²) >= 11 is 0. The maximum Gasteiger partial charge on any atom is 0.208 e. The number of ether oxygens (including phenoxy) is 4. The minimum Gasteiger partial charge on any atom is -0.393 e. The van der Waals surface area contributed by atoms with E-state index >= 15 is 8.78 Å². The van der Waals surface area contributed by atoms with Crippen molar-refractivity contribution in [1.82, 2.24) is 0 Å². The second-order valence-corrected chi connectivity index (χ2v) is 11.2. The molecule has 31 heavy (non-hydrogen) atoms. The first-order chi connectivity index (χ1) is 14.7. The number of alkyl halides is 2. The zero-order valence-electron chi connectivity index (χ0n) is 18.3. The molecule has 2 saturated heterocycles. The molecule has 0 bridgehead atoms. The van der Waals surface area contributed by atoms with Crippen molar-refractivity contribution in [2.45, 2.75) is 82.1 Å². The van der Waals surface area contributed by atoms with Gasteiger partial charge in [-0.15, -0.1) is 0 Å². The van der Waals surface area contributed by atoms with Crippen molar-refractivity contribution in [1.29, 1.82) is 0 Å². The summed E-state index contributed by atoms with van der Waals surface area (Å²) < 4.78 is 56.6. The highest BCUT2D eigenvalue weighted by Crippen LogP contribution is 2.73. The summed E-state index contributed by atoms with van der Waals surface area (Å²) in [4.78, 5) is 0. The van der Waals surface area contributed by atoms with Crippen LogP contribution in [0.4, 0.5) is 8.78 Å². The van der Waals surface area contributed by atoms with E-state index in [9.17, 15) is 10.2 Å². The monoisotopic (exact) mass is 444 g/mol. The molecule has 4 aliphatic carbocycles. The van der Waals surface area contributed by atoms with Gasteiger partial charge in [-0.1, -0.05) is 13.8 Å². The van der Waals surface area contributed by atoms with Gasteiger partial charge in [-0.25, -0.2) is 8.78 Å². The average molecular weight is 445 g/mol. The predicted molar refractivity (Wildman–Crippen MR) is 104 cm³/mol. The molecule has 6 fully saturated rings. The van der Waals surface area contributed by atoms with Crippen molar-refractivity contribution < 1.29 is 37.9 Å². The van der Waals surface area contributed by atoms with Crippen LogP contribution in [0.5, 0.6) is 0 Å². The van der Waals surface area contributed by atoms with E-state index in [4.69, 9.17) is 18.9 Å². The van der Waals surface area contributed by atoms with Gasteiger partial charge in [-0.2, -0.15) is 0 Å². The molecule has 2 aliphatic heterocycles. The summed E-state index contributed by atoms with van der Waals surface area (Å²) in [5.41, 5.74) is -1.76. The van der Waals surface area contributed by atoms with Crippen molar-refractivity contribution in [3.05, 3.63) is 0 Å². The molecule has 0 radical (unpaired) electrons.